The lowest BCUT2D eigenvalue weighted by atomic mass is 9.85. The molecule has 0 spiro atoms. The van der Waals surface area contributed by atoms with E-state index in [1.165, 1.54) is 0 Å². The van der Waals surface area contributed by atoms with Gasteiger partial charge in [-0.25, -0.2) is 4.98 Å². The van der Waals surface area contributed by atoms with Crippen LogP contribution >= 0.6 is 0 Å². The van der Waals surface area contributed by atoms with E-state index in [9.17, 15) is 14.7 Å². The lowest BCUT2D eigenvalue weighted by Crippen LogP contribution is -2.38. The van der Waals surface area contributed by atoms with E-state index in [-0.39, 0.29) is 25.2 Å². The normalized spacial score (nSPS) is 20.9. The molecule has 1 unspecified atom stereocenters. The number of ketones is 1. The predicted molar refractivity (Wildman–Crippen MR) is 99.4 cm³/mol. The predicted octanol–water partition coefficient (Wildman–Crippen LogP) is 2.12. The van der Waals surface area contributed by atoms with Gasteiger partial charge in [0, 0.05) is 22.1 Å². The minimum atomic E-state index is -1.71. The summed E-state index contributed by atoms with van der Waals surface area (Å²) in [6, 6.07) is 11.6. The van der Waals surface area contributed by atoms with E-state index in [1.807, 2.05) is 30.3 Å². The summed E-state index contributed by atoms with van der Waals surface area (Å²) >= 11 is 0. The molecular weight excluding hydrogens is 344 g/mol. The molecule has 0 bridgehead atoms. The van der Waals surface area contributed by atoms with Gasteiger partial charge in [-0.1, -0.05) is 25.1 Å². The Morgan fingerprint density at radius 2 is 2.04 bits per heavy atom. The number of hydrogen-bond donors (Lipinski definition) is 1. The number of carbonyl (C=O) groups is 1. The highest BCUT2D eigenvalue weighted by atomic mass is 16.5. The molecule has 1 N–H and O–H groups in total. The molecule has 2 aliphatic rings. The summed E-state index contributed by atoms with van der Waals surface area (Å²) in [6.45, 7) is 1.98. The number of aliphatic hydroxyl groups is 1. The fourth-order valence-corrected chi connectivity index (χ4v) is 4.13. The second kappa shape index (κ2) is 5.58. The molecule has 2 aliphatic heterocycles. The van der Waals surface area contributed by atoms with E-state index in [2.05, 4.69) is 0 Å². The quantitative estimate of drug-likeness (QED) is 0.561. The maximum Gasteiger partial charge on any atom is 0.257 e. The van der Waals surface area contributed by atoms with E-state index in [1.54, 1.807) is 17.6 Å². The summed E-state index contributed by atoms with van der Waals surface area (Å²) in [5.41, 5.74) is 1.94. The van der Waals surface area contributed by atoms with E-state index in [0.29, 0.717) is 23.4 Å². The topological polar surface area (TPSA) is 81.4 Å². The number of hydrogen-bond acceptors (Lipinski definition) is 5. The number of ether oxygens (including phenoxy) is 1. The van der Waals surface area contributed by atoms with Crippen LogP contribution in [0.5, 0.6) is 0 Å². The summed E-state index contributed by atoms with van der Waals surface area (Å²) in [5, 5.41) is 12.1. The maximum absolute atomic E-state index is 13.2. The number of pyridine rings is 2. The van der Waals surface area contributed by atoms with Crippen LogP contribution in [-0.2, 0) is 28.3 Å². The highest BCUT2D eigenvalue weighted by Gasteiger charge is 2.42. The zero-order chi connectivity index (χ0) is 18.8. The Kier molecular flexibility index (Phi) is 3.38. The molecule has 6 nitrogen and oxygen atoms in total. The van der Waals surface area contributed by atoms with Gasteiger partial charge in [-0.2, -0.15) is 0 Å². The van der Waals surface area contributed by atoms with Crippen LogP contribution in [-0.4, -0.2) is 27.0 Å². The zero-order valence-corrected chi connectivity index (χ0v) is 14.9. The Morgan fingerprint density at radius 1 is 1.22 bits per heavy atom. The molecule has 3 aromatic rings. The lowest BCUT2D eigenvalue weighted by molar-refractivity contribution is -0.142. The van der Waals surface area contributed by atoms with E-state index in [4.69, 9.17) is 9.72 Å². The van der Waals surface area contributed by atoms with Crippen molar-refractivity contribution in [3.63, 3.8) is 0 Å². The maximum atomic E-state index is 13.2. The molecule has 6 heteroatoms. The Balaban J connectivity index is 1.81. The van der Waals surface area contributed by atoms with Crippen LogP contribution in [0.2, 0.25) is 0 Å². The van der Waals surface area contributed by atoms with Gasteiger partial charge in [0.2, 0.25) is 0 Å². The van der Waals surface area contributed by atoms with Crippen molar-refractivity contribution >= 4 is 16.7 Å². The average Bonchev–Trinajstić information content (AvgIpc) is 2.98. The molecule has 5 rings (SSSR count). The van der Waals surface area contributed by atoms with Crippen LogP contribution in [0.3, 0.4) is 0 Å². The van der Waals surface area contributed by atoms with Gasteiger partial charge < -0.3 is 14.4 Å². The smallest absolute Gasteiger partial charge is 0.257 e. The third-order valence-corrected chi connectivity index (χ3v) is 5.67. The van der Waals surface area contributed by atoms with Crippen LogP contribution in [0, 0.1) is 0 Å². The Hall–Kier alpha value is -2.83. The minimum absolute atomic E-state index is 0.0221. The second-order valence-electron chi connectivity index (χ2n) is 7.13. The fraction of sp³-hybridized carbons (Fsp3) is 0.286. The number of Topliss-reactive ketones (excluding diaryl/α,β-unsaturated/α-hetero) is 1. The first-order chi connectivity index (χ1) is 13.0. The summed E-state index contributed by atoms with van der Waals surface area (Å²) in [5.74, 6) is -0.419. The lowest BCUT2D eigenvalue weighted by Gasteiger charge is -2.25. The van der Waals surface area contributed by atoms with Crippen LogP contribution in [0.1, 0.15) is 30.0 Å². The van der Waals surface area contributed by atoms with Crippen LogP contribution in [0.15, 0.2) is 41.2 Å². The summed E-state index contributed by atoms with van der Waals surface area (Å²) in [6.07, 6.45) is 0.184. The van der Waals surface area contributed by atoms with Crippen LogP contribution in [0.25, 0.3) is 22.3 Å². The number of aromatic nitrogens is 2. The number of benzene rings is 1. The molecule has 0 radical (unpaired) electrons. The monoisotopic (exact) mass is 362 g/mol. The minimum Gasteiger partial charge on any atom is -0.377 e. The number of carbonyl (C=O) groups excluding carboxylic acids is 1. The van der Waals surface area contributed by atoms with Gasteiger partial charge >= 0.3 is 0 Å². The van der Waals surface area contributed by atoms with Gasteiger partial charge in [0.1, 0.15) is 6.61 Å². The molecule has 4 heterocycles. The van der Waals surface area contributed by atoms with E-state index in [0.717, 1.165) is 22.2 Å². The molecule has 1 aromatic carbocycles. The van der Waals surface area contributed by atoms with Gasteiger partial charge in [-0.3, -0.25) is 9.59 Å². The van der Waals surface area contributed by atoms with Gasteiger partial charge in [0.05, 0.1) is 30.1 Å². The second-order valence-corrected chi connectivity index (χ2v) is 7.13. The molecule has 0 fully saturated rings. The third-order valence-electron chi connectivity index (χ3n) is 5.67. The molecule has 136 valence electrons. The molecule has 0 aliphatic carbocycles. The van der Waals surface area contributed by atoms with Crippen molar-refractivity contribution in [3.8, 4) is 11.4 Å². The molecular formula is C21H18N2O4. The molecule has 1 atom stereocenters. The van der Waals surface area contributed by atoms with Crippen LogP contribution in [0.4, 0.5) is 0 Å². The van der Waals surface area contributed by atoms with Crippen molar-refractivity contribution in [2.24, 2.45) is 0 Å². The number of rotatable bonds is 1. The summed E-state index contributed by atoms with van der Waals surface area (Å²) < 4.78 is 7.03. The van der Waals surface area contributed by atoms with Gasteiger partial charge in [0.25, 0.3) is 5.56 Å². The molecule has 2 aromatic heterocycles. The third kappa shape index (κ3) is 2.17. The first-order valence-electron chi connectivity index (χ1n) is 9.02. The molecule has 27 heavy (non-hydrogen) atoms. The Bertz CT molecular complexity index is 1180. The first kappa shape index (κ1) is 16.4. The largest absolute Gasteiger partial charge is 0.377 e. The van der Waals surface area contributed by atoms with Crippen molar-refractivity contribution in [3.05, 3.63) is 63.4 Å². The van der Waals surface area contributed by atoms with Gasteiger partial charge in [-0.15, -0.1) is 0 Å². The average molecular weight is 362 g/mol. The van der Waals surface area contributed by atoms with Crippen molar-refractivity contribution in [1.29, 1.82) is 0 Å². The SMILES string of the molecule is CCC1(O)C(=O)COCc2c1cc1n(c2=O)Cc2cc3ccccc3nc2-1. The number of fused-ring (bicyclic) bond motifs is 5. The van der Waals surface area contributed by atoms with Gasteiger partial charge in [0.15, 0.2) is 11.4 Å². The molecule has 0 saturated heterocycles. The zero-order valence-electron chi connectivity index (χ0n) is 14.9. The van der Waals surface area contributed by atoms with Crippen molar-refractivity contribution < 1.29 is 14.6 Å². The molecule has 0 saturated carbocycles. The summed E-state index contributed by atoms with van der Waals surface area (Å²) in [7, 11) is 0. The van der Waals surface area contributed by atoms with Crippen LogP contribution < -0.4 is 5.56 Å². The van der Waals surface area contributed by atoms with Crippen molar-refractivity contribution in [2.45, 2.75) is 32.1 Å². The first-order valence-corrected chi connectivity index (χ1v) is 9.02. The molecule has 0 amide bonds. The summed E-state index contributed by atoms with van der Waals surface area (Å²) in [4.78, 5) is 30.4. The fourth-order valence-electron chi connectivity index (χ4n) is 4.13. The highest BCUT2D eigenvalue weighted by Crippen LogP contribution is 2.37. The Labute approximate surface area is 155 Å². The van der Waals surface area contributed by atoms with E-state index >= 15 is 0 Å². The number of nitrogens with zero attached hydrogens (tertiary/aromatic N) is 2. The standard InChI is InChI=1S/C21H18N2O4/c1-2-21(26)15-8-17-19-13(7-12-5-3-4-6-16(12)22-19)9-23(17)20(25)14(15)10-27-11-18(21)24/h3-8,26H,2,9-11H2,1H3. The number of para-hydroxylation sites is 1. The Morgan fingerprint density at radius 3 is 2.85 bits per heavy atom. The van der Waals surface area contributed by atoms with Crippen molar-refractivity contribution in [1.82, 2.24) is 9.55 Å². The highest BCUT2D eigenvalue weighted by molar-refractivity contribution is 5.91. The van der Waals surface area contributed by atoms with E-state index < -0.39 is 11.4 Å². The van der Waals surface area contributed by atoms with Gasteiger partial charge in [-0.05, 0) is 24.6 Å². The van der Waals surface area contributed by atoms with Crippen molar-refractivity contribution in [2.75, 3.05) is 6.61 Å².